The molecular formula is C10H15N. The Balaban J connectivity index is 1.97. The van der Waals surface area contributed by atoms with Crippen molar-refractivity contribution in [1.29, 1.82) is 0 Å². The molecule has 2 bridgehead atoms. The fourth-order valence-corrected chi connectivity index (χ4v) is 3.58. The third-order valence-electron chi connectivity index (χ3n) is 4.02. The van der Waals surface area contributed by atoms with E-state index in [2.05, 4.69) is 12.2 Å². The van der Waals surface area contributed by atoms with Gasteiger partial charge in [-0.1, -0.05) is 12.2 Å². The number of nitrogens with two attached hydrogens (primary N) is 1. The lowest BCUT2D eigenvalue weighted by atomic mass is 9.84. The second kappa shape index (κ2) is 1.89. The van der Waals surface area contributed by atoms with Gasteiger partial charge in [-0.05, 0) is 42.9 Å². The molecular weight excluding hydrogens is 134 g/mol. The summed E-state index contributed by atoms with van der Waals surface area (Å²) in [6.45, 7) is 0. The maximum atomic E-state index is 6.07. The van der Waals surface area contributed by atoms with Crippen LogP contribution < -0.4 is 5.73 Å². The van der Waals surface area contributed by atoms with Gasteiger partial charge in [0.2, 0.25) is 0 Å². The highest BCUT2D eigenvalue weighted by atomic mass is 14.7. The first-order chi connectivity index (χ1) is 5.36. The molecule has 11 heavy (non-hydrogen) atoms. The molecule has 0 amide bonds. The zero-order valence-electron chi connectivity index (χ0n) is 6.74. The Kier molecular flexibility index (Phi) is 1.07. The molecule has 3 aliphatic carbocycles. The van der Waals surface area contributed by atoms with Crippen LogP contribution in [0, 0.1) is 23.7 Å². The summed E-state index contributed by atoms with van der Waals surface area (Å²) in [6, 6.07) is 0.528. The van der Waals surface area contributed by atoms with E-state index in [4.69, 9.17) is 5.73 Å². The summed E-state index contributed by atoms with van der Waals surface area (Å²) in [5, 5.41) is 0. The topological polar surface area (TPSA) is 26.0 Å². The average Bonchev–Trinajstić information content (AvgIpc) is 2.60. The molecule has 60 valence electrons. The van der Waals surface area contributed by atoms with E-state index in [-0.39, 0.29) is 0 Å². The van der Waals surface area contributed by atoms with Crippen molar-refractivity contribution in [2.75, 3.05) is 0 Å². The van der Waals surface area contributed by atoms with Gasteiger partial charge in [0.15, 0.2) is 0 Å². The molecule has 2 fully saturated rings. The Morgan fingerprint density at radius 2 is 1.91 bits per heavy atom. The number of rotatable bonds is 0. The van der Waals surface area contributed by atoms with Crippen molar-refractivity contribution in [2.24, 2.45) is 29.4 Å². The largest absolute Gasteiger partial charge is 0.327 e. The summed E-state index contributed by atoms with van der Waals surface area (Å²) in [6.07, 6.45) is 8.95. The van der Waals surface area contributed by atoms with Crippen molar-refractivity contribution in [2.45, 2.75) is 25.3 Å². The molecule has 3 aliphatic rings. The van der Waals surface area contributed by atoms with Gasteiger partial charge in [0.05, 0.1) is 0 Å². The Hall–Kier alpha value is -0.300. The molecule has 1 heteroatoms. The van der Waals surface area contributed by atoms with Crippen LogP contribution in [0.2, 0.25) is 0 Å². The van der Waals surface area contributed by atoms with Gasteiger partial charge in [-0.2, -0.15) is 0 Å². The third kappa shape index (κ3) is 0.652. The Morgan fingerprint density at radius 1 is 1.09 bits per heavy atom. The maximum Gasteiger partial charge on any atom is 0.00757 e. The van der Waals surface area contributed by atoms with E-state index in [1.54, 1.807) is 0 Å². The van der Waals surface area contributed by atoms with Crippen LogP contribution in [0.15, 0.2) is 12.2 Å². The van der Waals surface area contributed by atoms with Crippen LogP contribution >= 0.6 is 0 Å². The summed E-state index contributed by atoms with van der Waals surface area (Å²) < 4.78 is 0. The summed E-state index contributed by atoms with van der Waals surface area (Å²) >= 11 is 0. The Bertz CT molecular complexity index is 209. The highest BCUT2D eigenvalue weighted by molar-refractivity contribution is 5.17. The minimum atomic E-state index is 0.528. The first-order valence-electron chi connectivity index (χ1n) is 4.80. The molecule has 0 saturated heterocycles. The van der Waals surface area contributed by atoms with E-state index in [1.165, 1.54) is 19.3 Å². The quantitative estimate of drug-likeness (QED) is 0.519. The summed E-state index contributed by atoms with van der Waals surface area (Å²) in [5.74, 6) is 3.62. The van der Waals surface area contributed by atoms with Crippen molar-refractivity contribution >= 4 is 0 Å². The number of hydrogen-bond acceptors (Lipinski definition) is 1. The van der Waals surface area contributed by atoms with Crippen molar-refractivity contribution in [3.63, 3.8) is 0 Å². The maximum absolute atomic E-state index is 6.07. The number of hydrogen-bond donors (Lipinski definition) is 1. The molecule has 0 spiro atoms. The average molecular weight is 149 g/mol. The second-order valence-electron chi connectivity index (χ2n) is 4.43. The van der Waals surface area contributed by atoms with E-state index < -0.39 is 0 Å². The van der Waals surface area contributed by atoms with Gasteiger partial charge in [-0.15, -0.1) is 0 Å². The van der Waals surface area contributed by atoms with Crippen molar-refractivity contribution in [3.8, 4) is 0 Å². The molecule has 3 rings (SSSR count). The molecule has 0 heterocycles. The van der Waals surface area contributed by atoms with Gasteiger partial charge in [0.1, 0.15) is 0 Å². The van der Waals surface area contributed by atoms with Crippen LogP contribution in [0.5, 0.6) is 0 Å². The monoisotopic (exact) mass is 149 g/mol. The zero-order chi connectivity index (χ0) is 7.42. The molecule has 0 unspecified atom stereocenters. The fourth-order valence-electron chi connectivity index (χ4n) is 3.58. The lowest BCUT2D eigenvalue weighted by molar-refractivity contribution is 0.339. The Labute approximate surface area is 67.7 Å². The van der Waals surface area contributed by atoms with E-state index in [9.17, 15) is 0 Å². The number of allylic oxidation sites excluding steroid dienone is 2. The molecule has 0 aromatic heterocycles. The number of fused-ring (bicyclic) bond motifs is 5. The summed E-state index contributed by atoms with van der Waals surface area (Å²) in [4.78, 5) is 0. The fraction of sp³-hybridized carbons (Fsp3) is 0.800. The predicted molar refractivity (Wildman–Crippen MR) is 44.9 cm³/mol. The molecule has 5 atom stereocenters. The van der Waals surface area contributed by atoms with Gasteiger partial charge >= 0.3 is 0 Å². The SMILES string of the molecule is N[C@H]1CC[C@@H]2[C@H]1[C@@H]1C=C[C@H]2C1. The third-order valence-corrected chi connectivity index (χ3v) is 4.02. The first kappa shape index (κ1) is 6.24. The van der Waals surface area contributed by atoms with E-state index in [0.29, 0.717) is 6.04 Å². The van der Waals surface area contributed by atoms with Crippen LogP contribution in [0.25, 0.3) is 0 Å². The summed E-state index contributed by atoms with van der Waals surface area (Å²) in [7, 11) is 0. The van der Waals surface area contributed by atoms with Crippen LogP contribution in [-0.4, -0.2) is 6.04 Å². The van der Waals surface area contributed by atoms with E-state index >= 15 is 0 Å². The smallest absolute Gasteiger partial charge is 0.00757 e. The highest BCUT2D eigenvalue weighted by Gasteiger charge is 2.49. The first-order valence-corrected chi connectivity index (χ1v) is 4.80. The molecule has 2 saturated carbocycles. The van der Waals surface area contributed by atoms with Crippen molar-refractivity contribution in [3.05, 3.63) is 12.2 Å². The lowest BCUT2D eigenvalue weighted by Gasteiger charge is -2.23. The molecule has 0 aliphatic heterocycles. The molecule has 0 aromatic rings. The van der Waals surface area contributed by atoms with E-state index in [1.807, 2.05) is 0 Å². The normalized spacial score (nSPS) is 58.8. The van der Waals surface area contributed by atoms with Crippen LogP contribution in [0.3, 0.4) is 0 Å². The molecule has 0 radical (unpaired) electrons. The Morgan fingerprint density at radius 3 is 2.73 bits per heavy atom. The minimum absolute atomic E-state index is 0.528. The van der Waals surface area contributed by atoms with Crippen LogP contribution in [0.1, 0.15) is 19.3 Å². The van der Waals surface area contributed by atoms with Gasteiger partial charge in [0, 0.05) is 6.04 Å². The molecule has 2 N–H and O–H groups in total. The van der Waals surface area contributed by atoms with Gasteiger partial charge < -0.3 is 5.73 Å². The molecule has 1 nitrogen and oxygen atoms in total. The zero-order valence-corrected chi connectivity index (χ0v) is 6.74. The van der Waals surface area contributed by atoms with Crippen molar-refractivity contribution in [1.82, 2.24) is 0 Å². The minimum Gasteiger partial charge on any atom is -0.327 e. The van der Waals surface area contributed by atoms with E-state index in [0.717, 1.165) is 23.7 Å². The van der Waals surface area contributed by atoms with Gasteiger partial charge in [-0.3, -0.25) is 0 Å². The summed E-state index contributed by atoms with van der Waals surface area (Å²) in [5.41, 5.74) is 6.07. The second-order valence-corrected chi connectivity index (χ2v) is 4.43. The lowest BCUT2D eigenvalue weighted by Crippen LogP contribution is -2.30. The van der Waals surface area contributed by atoms with Crippen LogP contribution in [-0.2, 0) is 0 Å². The van der Waals surface area contributed by atoms with Crippen molar-refractivity contribution < 1.29 is 0 Å². The highest BCUT2D eigenvalue weighted by Crippen LogP contribution is 2.54. The molecule has 0 aromatic carbocycles. The van der Waals surface area contributed by atoms with Gasteiger partial charge in [0.25, 0.3) is 0 Å². The standard InChI is InChI=1S/C10H15N/c11-9-4-3-8-6-1-2-7(5-6)10(8)9/h1-2,6-10H,3-5,11H2/t6-,7+,8-,9-,10+/m0/s1. The van der Waals surface area contributed by atoms with Crippen LogP contribution in [0.4, 0.5) is 0 Å². The van der Waals surface area contributed by atoms with Gasteiger partial charge in [-0.25, -0.2) is 0 Å². The predicted octanol–water partition coefficient (Wildman–Crippen LogP) is 1.55.